The Kier molecular flexibility index (Phi) is 13.9. The molecule has 0 bridgehead atoms. The van der Waals surface area contributed by atoms with Crippen molar-refractivity contribution in [1.29, 1.82) is 0 Å². The first-order valence-electron chi connectivity index (χ1n) is 16.4. The summed E-state index contributed by atoms with van der Waals surface area (Å²) >= 11 is 0. The number of aromatic nitrogens is 3. The van der Waals surface area contributed by atoms with Gasteiger partial charge in [0.1, 0.15) is 31.2 Å². The third-order valence-corrected chi connectivity index (χ3v) is 8.30. The number of fused-ring (bicyclic) bond motifs is 1. The van der Waals surface area contributed by atoms with Gasteiger partial charge in [0.2, 0.25) is 5.82 Å². The third-order valence-electron chi connectivity index (χ3n) is 8.30. The van der Waals surface area contributed by atoms with Gasteiger partial charge in [-0.15, -0.1) is 5.10 Å². The number of benzene rings is 1. The predicted molar refractivity (Wildman–Crippen MR) is 162 cm³/mol. The second-order valence-electron chi connectivity index (χ2n) is 11.8. The van der Waals surface area contributed by atoms with Crippen molar-refractivity contribution in [2.75, 3.05) is 6.61 Å². The zero-order chi connectivity index (χ0) is 30.3. The highest BCUT2D eigenvalue weighted by molar-refractivity contribution is 5.88. The van der Waals surface area contributed by atoms with Crippen LogP contribution in [0, 0.1) is 0 Å². The summed E-state index contributed by atoms with van der Waals surface area (Å²) in [7, 11) is 0. The number of esters is 1. The van der Waals surface area contributed by atoms with Crippen molar-refractivity contribution in [3.8, 4) is 0 Å². The summed E-state index contributed by atoms with van der Waals surface area (Å²) in [6.07, 6.45) is 18.1. The number of unbranched alkanes of at least 4 members (excludes halogenated alkanes) is 14. The molecule has 3 heterocycles. The van der Waals surface area contributed by atoms with E-state index in [2.05, 4.69) is 17.0 Å². The highest BCUT2D eigenvalue weighted by Crippen LogP contribution is 2.44. The number of hydrogen-bond donors (Lipinski definition) is 1. The van der Waals surface area contributed by atoms with Gasteiger partial charge in [-0.3, -0.25) is 9.59 Å². The maximum absolute atomic E-state index is 12.5. The van der Waals surface area contributed by atoms with E-state index in [1.807, 2.05) is 30.3 Å². The van der Waals surface area contributed by atoms with Crippen LogP contribution in [0.1, 0.15) is 138 Å². The van der Waals surface area contributed by atoms with Crippen LogP contribution in [-0.4, -0.2) is 51.6 Å². The lowest BCUT2D eigenvalue weighted by Crippen LogP contribution is -2.32. The van der Waals surface area contributed by atoms with Crippen LogP contribution in [0.2, 0.25) is 0 Å². The fourth-order valence-electron chi connectivity index (χ4n) is 5.85. The number of amides is 1. The topological polar surface area (TPSA) is 128 Å². The lowest BCUT2D eigenvalue weighted by atomic mass is 10.0. The minimum Gasteiger partial charge on any atom is -0.463 e. The van der Waals surface area contributed by atoms with Crippen LogP contribution in [0.4, 0.5) is 0 Å². The molecule has 0 spiro atoms. The standard InChI is InChI=1S/C33H50N4O6/c1-2-3-4-5-6-7-8-9-10-11-12-13-14-15-19-22-27(38)40-23-26-28-29(43-33(42-28)25-20-17-16-18-21-25)32(41-26)37-24-35-31(36-37)30(34)39/h16-18,20-21,24,26,28-29,32-33H,2-15,19,22-23H2,1H3,(H2,34,39). The van der Waals surface area contributed by atoms with E-state index >= 15 is 0 Å². The van der Waals surface area contributed by atoms with Crippen LogP contribution in [0.3, 0.4) is 0 Å². The second-order valence-corrected chi connectivity index (χ2v) is 11.8. The number of rotatable bonds is 21. The van der Waals surface area contributed by atoms with Crippen molar-refractivity contribution < 1.29 is 28.5 Å². The molecule has 5 atom stereocenters. The van der Waals surface area contributed by atoms with E-state index in [0.29, 0.717) is 6.42 Å². The van der Waals surface area contributed by atoms with E-state index in [1.54, 1.807) is 0 Å². The van der Waals surface area contributed by atoms with Gasteiger partial charge in [-0.2, -0.15) is 0 Å². The summed E-state index contributed by atoms with van der Waals surface area (Å²) < 4.78 is 25.6. The average molecular weight is 599 g/mol. The summed E-state index contributed by atoms with van der Waals surface area (Å²) in [5.74, 6) is -1.09. The van der Waals surface area contributed by atoms with Crippen LogP contribution in [0.25, 0.3) is 0 Å². The molecular weight excluding hydrogens is 548 g/mol. The van der Waals surface area contributed by atoms with Gasteiger partial charge >= 0.3 is 5.97 Å². The van der Waals surface area contributed by atoms with Crippen LogP contribution < -0.4 is 5.73 Å². The molecule has 43 heavy (non-hydrogen) atoms. The molecule has 10 heteroatoms. The Hall–Kier alpha value is -2.82. The van der Waals surface area contributed by atoms with E-state index in [-0.39, 0.29) is 18.4 Å². The SMILES string of the molecule is CCCCCCCCCCCCCCCCCC(=O)OCC1OC(n2cnc(C(N)=O)n2)C2OC(c3ccccc3)OC12. The summed E-state index contributed by atoms with van der Waals surface area (Å²) in [4.78, 5) is 28.0. The fraction of sp³-hybridized carbons (Fsp3) is 0.697. The number of hydrogen-bond acceptors (Lipinski definition) is 8. The molecule has 2 N–H and O–H groups in total. The molecular formula is C33H50N4O6. The maximum Gasteiger partial charge on any atom is 0.305 e. The predicted octanol–water partition coefficient (Wildman–Crippen LogP) is 6.56. The Morgan fingerprint density at radius 2 is 1.40 bits per heavy atom. The Labute approximate surface area is 256 Å². The number of ether oxygens (including phenoxy) is 4. The molecule has 5 unspecified atom stereocenters. The first-order valence-corrected chi connectivity index (χ1v) is 16.4. The molecule has 0 saturated carbocycles. The normalized spacial score (nSPS) is 23.0. The van der Waals surface area contributed by atoms with E-state index < -0.39 is 36.7 Å². The minimum atomic E-state index is -0.733. The molecule has 238 valence electrons. The summed E-state index contributed by atoms with van der Waals surface area (Å²) in [5.41, 5.74) is 6.19. The average Bonchev–Trinajstić information content (AvgIpc) is 3.75. The van der Waals surface area contributed by atoms with Gasteiger partial charge in [0.25, 0.3) is 5.91 Å². The number of nitrogens with two attached hydrogens (primary N) is 1. The Balaban J connectivity index is 1.11. The van der Waals surface area contributed by atoms with Crippen molar-refractivity contribution in [3.05, 3.63) is 48.0 Å². The lowest BCUT2D eigenvalue weighted by molar-refractivity contribution is -0.168. The van der Waals surface area contributed by atoms with Gasteiger partial charge in [0.15, 0.2) is 12.5 Å². The Morgan fingerprint density at radius 3 is 1.98 bits per heavy atom. The quantitative estimate of drug-likeness (QED) is 0.126. The van der Waals surface area contributed by atoms with Gasteiger partial charge in [-0.25, -0.2) is 9.67 Å². The van der Waals surface area contributed by atoms with Gasteiger partial charge in [0, 0.05) is 12.0 Å². The fourth-order valence-corrected chi connectivity index (χ4v) is 5.85. The van der Waals surface area contributed by atoms with Crippen molar-refractivity contribution in [2.45, 2.75) is 140 Å². The van der Waals surface area contributed by atoms with Crippen molar-refractivity contribution in [3.63, 3.8) is 0 Å². The molecule has 0 aliphatic carbocycles. The molecule has 2 aliphatic heterocycles. The van der Waals surface area contributed by atoms with Crippen molar-refractivity contribution >= 4 is 11.9 Å². The highest BCUT2D eigenvalue weighted by Gasteiger charge is 2.54. The smallest absolute Gasteiger partial charge is 0.305 e. The minimum absolute atomic E-state index is 0.0392. The molecule has 1 amide bonds. The molecule has 2 aliphatic rings. The number of primary amides is 1. The molecule has 2 fully saturated rings. The number of nitrogens with zero attached hydrogens (tertiary/aromatic N) is 3. The lowest BCUT2D eigenvalue weighted by Gasteiger charge is -2.20. The highest BCUT2D eigenvalue weighted by atomic mass is 16.8. The molecule has 1 aromatic carbocycles. The van der Waals surface area contributed by atoms with Crippen LogP contribution in [0.5, 0.6) is 0 Å². The second kappa shape index (κ2) is 18.1. The largest absolute Gasteiger partial charge is 0.463 e. The van der Waals surface area contributed by atoms with Crippen LogP contribution >= 0.6 is 0 Å². The Bertz CT molecular complexity index is 1100. The van der Waals surface area contributed by atoms with Gasteiger partial charge in [-0.05, 0) is 6.42 Å². The number of carbonyl (C=O) groups is 2. The third kappa shape index (κ3) is 10.4. The maximum atomic E-state index is 12.5. The van der Waals surface area contributed by atoms with Crippen LogP contribution in [0.15, 0.2) is 36.7 Å². The summed E-state index contributed by atoms with van der Waals surface area (Å²) in [6.45, 7) is 2.30. The van der Waals surface area contributed by atoms with Crippen molar-refractivity contribution in [1.82, 2.24) is 14.8 Å². The van der Waals surface area contributed by atoms with E-state index in [0.717, 1.165) is 24.8 Å². The summed E-state index contributed by atoms with van der Waals surface area (Å²) in [6, 6.07) is 9.60. The first-order chi connectivity index (χ1) is 21.1. The van der Waals surface area contributed by atoms with Gasteiger partial charge in [0.05, 0.1) is 0 Å². The Morgan fingerprint density at radius 1 is 0.814 bits per heavy atom. The van der Waals surface area contributed by atoms with Gasteiger partial charge < -0.3 is 24.7 Å². The molecule has 1 aromatic heterocycles. The summed E-state index contributed by atoms with van der Waals surface area (Å²) in [5, 5.41) is 4.15. The molecule has 4 rings (SSSR count). The van der Waals surface area contributed by atoms with E-state index in [4.69, 9.17) is 24.7 Å². The van der Waals surface area contributed by atoms with Crippen molar-refractivity contribution in [2.24, 2.45) is 5.73 Å². The molecule has 2 aromatic rings. The van der Waals surface area contributed by atoms with Gasteiger partial charge in [-0.1, -0.05) is 127 Å². The van der Waals surface area contributed by atoms with E-state index in [9.17, 15) is 9.59 Å². The van der Waals surface area contributed by atoms with E-state index in [1.165, 1.54) is 88.1 Å². The molecule has 2 saturated heterocycles. The zero-order valence-electron chi connectivity index (χ0n) is 25.7. The number of carbonyl (C=O) groups excluding carboxylic acids is 2. The van der Waals surface area contributed by atoms with Crippen LogP contribution in [-0.2, 0) is 23.7 Å². The molecule has 0 radical (unpaired) electrons. The molecule has 10 nitrogen and oxygen atoms in total. The first kappa shape index (κ1) is 33.1. The monoisotopic (exact) mass is 598 g/mol. The zero-order valence-corrected chi connectivity index (χ0v) is 25.7.